The Hall–Kier alpha value is -1.02. The molecule has 1 amide bonds. The summed E-state index contributed by atoms with van der Waals surface area (Å²) in [5, 5.41) is 13.9. The van der Waals surface area contributed by atoms with Crippen molar-refractivity contribution in [3.8, 4) is 0 Å². The molecular formula is C48H96N2O6P+. The molecule has 8 nitrogen and oxygen atoms in total. The van der Waals surface area contributed by atoms with Gasteiger partial charge in [-0.15, -0.1) is 0 Å². The number of rotatable bonds is 44. The van der Waals surface area contributed by atoms with E-state index >= 15 is 0 Å². The van der Waals surface area contributed by atoms with Crippen LogP contribution in [0.3, 0.4) is 0 Å². The highest BCUT2D eigenvalue weighted by Gasteiger charge is 2.28. The molecule has 0 aromatic carbocycles. The molecule has 9 heteroatoms. The van der Waals surface area contributed by atoms with Crippen molar-refractivity contribution in [2.24, 2.45) is 0 Å². The van der Waals surface area contributed by atoms with Gasteiger partial charge < -0.3 is 19.8 Å². The molecule has 0 bridgehead atoms. The molecule has 3 N–H and O–H groups in total. The highest BCUT2D eigenvalue weighted by molar-refractivity contribution is 7.47. The van der Waals surface area contributed by atoms with Crippen molar-refractivity contribution in [2.45, 2.75) is 238 Å². The third-order valence-electron chi connectivity index (χ3n) is 11.0. The van der Waals surface area contributed by atoms with Gasteiger partial charge >= 0.3 is 7.82 Å². The highest BCUT2D eigenvalue weighted by atomic mass is 31.2. The number of quaternary nitrogens is 1. The minimum absolute atomic E-state index is 0.0664. The monoisotopic (exact) mass is 828 g/mol. The summed E-state index contributed by atoms with van der Waals surface area (Å²) in [5.41, 5.74) is 0. The van der Waals surface area contributed by atoms with E-state index in [4.69, 9.17) is 9.05 Å². The van der Waals surface area contributed by atoms with E-state index in [1.54, 1.807) is 0 Å². The van der Waals surface area contributed by atoms with Crippen LogP contribution in [-0.4, -0.2) is 73.4 Å². The number of hydrogen-bond acceptors (Lipinski definition) is 5. The number of nitrogens with zero attached hydrogens (tertiary/aromatic N) is 1. The molecule has 0 fully saturated rings. The Bertz CT molecular complexity index is 984. The van der Waals surface area contributed by atoms with E-state index in [0.29, 0.717) is 23.9 Å². The largest absolute Gasteiger partial charge is 0.472 e. The van der Waals surface area contributed by atoms with Gasteiger partial charge in [-0.05, 0) is 32.1 Å². The lowest BCUT2D eigenvalue weighted by Gasteiger charge is -2.26. The molecule has 3 unspecified atom stereocenters. The number of likely N-dealkylation sites (N-methyl/N-ethyl adjacent to an activating group) is 1. The molecule has 0 rings (SSSR count). The minimum Gasteiger partial charge on any atom is -0.391 e. The van der Waals surface area contributed by atoms with Gasteiger partial charge in [0.1, 0.15) is 13.2 Å². The predicted octanol–water partition coefficient (Wildman–Crippen LogP) is 13.7. The van der Waals surface area contributed by atoms with Crippen molar-refractivity contribution < 1.29 is 32.9 Å². The first kappa shape index (κ1) is 56.0. The molecule has 338 valence electrons. The molecule has 0 saturated heterocycles. The number of allylic oxidation sites excluding steroid dienone is 4. The van der Waals surface area contributed by atoms with Crippen LogP contribution in [0.25, 0.3) is 0 Å². The number of amides is 1. The summed E-state index contributed by atoms with van der Waals surface area (Å²) >= 11 is 0. The van der Waals surface area contributed by atoms with Crippen LogP contribution in [0.5, 0.6) is 0 Å². The van der Waals surface area contributed by atoms with Crippen LogP contribution in [0, 0.1) is 0 Å². The molecule has 0 aliphatic carbocycles. The molecule has 0 radical (unpaired) electrons. The van der Waals surface area contributed by atoms with E-state index in [0.717, 1.165) is 32.1 Å². The second-order valence-corrected chi connectivity index (χ2v) is 19.3. The molecule has 0 aliphatic heterocycles. The number of carbonyl (C=O) groups is 1. The Labute approximate surface area is 354 Å². The maximum atomic E-state index is 12.8. The molecular weight excluding hydrogens is 732 g/mol. The Balaban J connectivity index is 4.28. The van der Waals surface area contributed by atoms with Crippen LogP contribution < -0.4 is 5.32 Å². The highest BCUT2D eigenvalue weighted by Crippen LogP contribution is 2.43. The zero-order valence-corrected chi connectivity index (χ0v) is 39.2. The number of nitrogens with one attached hydrogen (secondary N) is 1. The van der Waals surface area contributed by atoms with Gasteiger partial charge in [-0.3, -0.25) is 13.8 Å². The smallest absolute Gasteiger partial charge is 0.391 e. The number of hydrogen-bond donors (Lipinski definition) is 3. The number of phosphoric acid groups is 1. The summed E-state index contributed by atoms with van der Waals surface area (Å²) in [6.07, 6.45) is 48.0. The first-order chi connectivity index (χ1) is 27.5. The van der Waals surface area contributed by atoms with Crippen molar-refractivity contribution in [1.82, 2.24) is 5.32 Å². The van der Waals surface area contributed by atoms with Gasteiger partial charge in [0.25, 0.3) is 0 Å². The lowest BCUT2D eigenvalue weighted by Crippen LogP contribution is -2.46. The van der Waals surface area contributed by atoms with Crippen LogP contribution in [0.1, 0.15) is 226 Å². The first-order valence-corrected chi connectivity index (χ1v) is 25.7. The van der Waals surface area contributed by atoms with E-state index in [1.807, 2.05) is 27.2 Å². The van der Waals surface area contributed by atoms with Gasteiger partial charge in [0.05, 0.1) is 39.9 Å². The van der Waals surface area contributed by atoms with E-state index in [1.165, 1.54) is 161 Å². The SMILES string of the molecule is CCCCCCCC/C=C\C/C=C\CCC(=O)NC(COP(=O)(O)OCC[N+](C)(C)C)C(O)CCCCCCCCCCCCCCCCCCCCCCCC. The summed E-state index contributed by atoms with van der Waals surface area (Å²) in [6, 6.07) is -0.788. The molecule has 0 saturated carbocycles. The maximum absolute atomic E-state index is 12.8. The van der Waals surface area contributed by atoms with Crippen molar-refractivity contribution in [1.29, 1.82) is 0 Å². The van der Waals surface area contributed by atoms with Crippen LogP contribution in [0.4, 0.5) is 0 Å². The van der Waals surface area contributed by atoms with Crippen molar-refractivity contribution >= 4 is 13.7 Å². The zero-order chi connectivity index (χ0) is 42.1. The maximum Gasteiger partial charge on any atom is 0.472 e. The Morgan fingerprint density at radius 1 is 0.596 bits per heavy atom. The fourth-order valence-corrected chi connectivity index (χ4v) is 7.83. The molecule has 0 spiro atoms. The van der Waals surface area contributed by atoms with Gasteiger partial charge in [-0.25, -0.2) is 4.57 Å². The summed E-state index contributed by atoms with van der Waals surface area (Å²) in [4.78, 5) is 23.1. The first-order valence-electron chi connectivity index (χ1n) is 24.2. The van der Waals surface area contributed by atoms with Crippen molar-refractivity contribution in [3.05, 3.63) is 24.3 Å². The van der Waals surface area contributed by atoms with Crippen molar-refractivity contribution in [3.63, 3.8) is 0 Å². The summed E-state index contributed by atoms with van der Waals surface area (Å²) in [7, 11) is 1.59. The molecule has 3 atom stereocenters. The topological polar surface area (TPSA) is 105 Å². The normalized spacial score (nSPS) is 14.4. The van der Waals surface area contributed by atoms with Crippen LogP contribution in [0.2, 0.25) is 0 Å². The summed E-state index contributed by atoms with van der Waals surface area (Å²) < 4.78 is 23.6. The second-order valence-electron chi connectivity index (χ2n) is 17.8. The standard InChI is InChI=1S/C48H95N2O6P/c1-6-8-10-12-14-16-18-20-21-22-23-24-25-26-27-28-30-31-33-35-37-39-41-47(51)46(45-56-57(53,54)55-44-43-50(3,4)5)49-48(52)42-40-38-36-34-32-29-19-17-15-13-11-9-7-2/h29,32,36,38,46-47,51H,6-28,30-31,33-35,37,39-45H2,1-5H3,(H-,49,52,53,54)/p+1/b32-29-,38-36-. The predicted molar refractivity (Wildman–Crippen MR) is 245 cm³/mol. The van der Waals surface area contributed by atoms with E-state index in [2.05, 4.69) is 37.4 Å². The van der Waals surface area contributed by atoms with Crippen molar-refractivity contribution in [2.75, 3.05) is 40.9 Å². The fraction of sp³-hybridized carbons (Fsp3) is 0.896. The summed E-state index contributed by atoms with van der Waals surface area (Å²) in [5.74, 6) is -0.210. The molecule has 0 aromatic rings. The third kappa shape index (κ3) is 42.9. The zero-order valence-electron chi connectivity index (χ0n) is 38.3. The summed E-state index contributed by atoms with van der Waals surface area (Å²) in [6.45, 7) is 4.85. The average Bonchev–Trinajstić information content (AvgIpc) is 3.16. The number of phosphoric ester groups is 1. The average molecular weight is 828 g/mol. The van der Waals surface area contributed by atoms with E-state index < -0.39 is 20.0 Å². The number of carbonyl (C=O) groups excluding carboxylic acids is 1. The number of aliphatic hydroxyl groups excluding tert-OH is 1. The Morgan fingerprint density at radius 3 is 1.44 bits per heavy atom. The fourth-order valence-electron chi connectivity index (χ4n) is 7.10. The van der Waals surface area contributed by atoms with Gasteiger partial charge in [-0.1, -0.05) is 212 Å². The van der Waals surface area contributed by atoms with Gasteiger partial charge in [0.2, 0.25) is 5.91 Å². The van der Waals surface area contributed by atoms with Crippen LogP contribution >= 0.6 is 7.82 Å². The quantitative estimate of drug-likeness (QED) is 0.0244. The molecule has 57 heavy (non-hydrogen) atoms. The molecule has 0 aliphatic rings. The van der Waals surface area contributed by atoms with E-state index in [9.17, 15) is 19.4 Å². The van der Waals surface area contributed by atoms with Gasteiger partial charge in [0, 0.05) is 6.42 Å². The molecule has 0 heterocycles. The van der Waals surface area contributed by atoms with E-state index in [-0.39, 0.29) is 25.5 Å². The lowest BCUT2D eigenvalue weighted by atomic mass is 10.0. The van der Waals surface area contributed by atoms with Crippen LogP contribution in [0.15, 0.2) is 24.3 Å². The second kappa shape index (κ2) is 40.4. The molecule has 0 aromatic heterocycles. The lowest BCUT2D eigenvalue weighted by molar-refractivity contribution is -0.870. The number of unbranched alkanes of at least 4 members (excludes halogenated alkanes) is 27. The Morgan fingerprint density at radius 2 is 1.00 bits per heavy atom. The number of aliphatic hydroxyl groups is 1. The van der Waals surface area contributed by atoms with Gasteiger partial charge in [0.15, 0.2) is 0 Å². The Kier molecular flexibility index (Phi) is 39.7. The third-order valence-corrected chi connectivity index (χ3v) is 12.0. The van der Waals surface area contributed by atoms with Gasteiger partial charge in [-0.2, -0.15) is 0 Å². The van der Waals surface area contributed by atoms with Crippen LogP contribution in [-0.2, 0) is 18.4 Å². The minimum atomic E-state index is -4.33.